The molecule has 4 rings (SSSR count). The Morgan fingerprint density at radius 3 is 2.96 bits per heavy atom. The molecule has 6 nitrogen and oxygen atoms in total. The van der Waals surface area contributed by atoms with Gasteiger partial charge in [0.15, 0.2) is 5.65 Å². The Bertz CT molecular complexity index is 1020. The van der Waals surface area contributed by atoms with E-state index >= 15 is 0 Å². The van der Waals surface area contributed by atoms with Crippen LogP contribution in [0.15, 0.2) is 36.7 Å². The Morgan fingerprint density at radius 2 is 2.12 bits per heavy atom. The number of fused-ring (bicyclic) bond motifs is 2. The van der Waals surface area contributed by atoms with Crippen molar-refractivity contribution in [2.75, 3.05) is 20.6 Å². The molecule has 0 unspecified atom stereocenters. The van der Waals surface area contributed by atoms with Crippen LogP contribution in [0, 0.1) is 5.82 Å². The summed E-state index contributed by atoms with van der Waals surface area (Å²) in [5.74, 6) is -0.271. The first kappa shape index (κ1) is 14.8. The molecule has 0 saturated carbocycles. The van der Waals surface area contributed by atoms with E-state index in [0.29, 0.717) is 12.2 Å². The molecule has 0 aliphatic rings. The maximum atomic E-state index is 13.7. The number of benzene rings is 1. The molecule has 4 aromatic rings. The van der Waals surface area contributed by atoms with Gasteiger partial charge in [-0.05, 0) is 38.4 Å². The normalized spacial score (nSPS) is 11.8. The molecule has 0 aliphatic heterocycles. The van der Waals surface area contributed by atoms with E-state index in [0.717, 1.165) is 34.3 Å². The lowest BCUT2D eigenvalue weighted by Gasteiger charge is -2.09. The highest BCUT2D eigenvalue weighted by Gasteiger charge is 2.15. The van der Waals surface area contributed by atoms with E-state index in [1.54, 1.807) is 18.5 Å². The number of nitrogens with zero attached hydrogens (tertiary/aromatic N) is 5. The highest BCUT2D eigenvalue weighted by molar-refractivity contribution is 5.93. The predicted octanol–water partition coefficient (Wildman–Crippen LogP) is 2.68. The topological polar surface area (TPSA) is 62.6 Å². The van der Waals surface area contributed by atoms with Crippen LogP contribution in [-0.4, -0.2) is 50.3 Å². The highest BCUT2D eigenvalue weighted by Crippen LogP contribution is 2.28. The number of aromatic nitrogens is 5. The van der Waals surface area contributed by atoms with Crippen molar-refractivity contribution < 1.29 is 4.39 Å². The van der Waals surface area contributed by atoms with Crippen molar-refractivity contribution in [3.05, 3.63) is 42.5 Å². The molecule has 0 aliphatic carbocycles. The van der Waals surface area contributed by atoms with Gasteiger partial charge in [0.25, 0.3) is 0 Å². The molecule has 122 valence electrons. The summed E-state index contributed by atoms with van der Waals surface area (Å²) in [7, 11) is 4.00. The van der Waals surface area contributed by atoms with Crippen molar-refractivity contribution in [1.82, 2.24) is 29.6 Å². The molecule has 0 saturated heterocycles. The lowest BCUT2D eigenvalue weighted by atomic mass is 10.1. The minimum absolute atomic E-state index is 0.271. The molecular formula is C17H17FN6. The number of aromatic amines is 1. The van der Waals surface area contributed by atoms with Crippen LogP contribution in [0.4, 0.5) is 4.39 Å². The van der Waals surface area contributed by atoms with Gasteiger partial charge in [-0.25, -0.2) is 14.4 Å². The fourth-order valence-corrected chi connectivity index (χ4v) is 2.75. The van der Waals surface area contributed by atoms with Crippen molar-refractivity contribution in [2.24, 2.45) is 0 Å². The zero-order chi connectivity index (χ0) is 16.7. The van der Waals surface area contributed by atoms with Gasteiger partial charge in [-0.2, -0.15) is 5.10 Å². The number of nitrogens with one attached hydrogen (secondary N) is 1. The van der Waals surface area contributed by atoms with Gasteiger partial charge >= 0.3 is 0 Å². The Hall–Kier alpha value is -2.80. The summed E-state index contributed by atoms with van der Waals surface area (Å²) in [5.41, 5.74) is 3.69. The first-order valence-corrected chi connectivity index (χ1v) is 7.73. The van der Waals surface area contributed by atoms with Gasteiger partial charge < -0.3 is 9.88 Å². The number of rotatable bonds is 4. The van der Waals surface area contributed by atoms with Crippen molar-refractivity contribution in [2.45, 2.75) is 6.54 Å². The third-order valence-electron chi connectivity index (χ3n) is 3.98. The Morgan fingerprint density at radius 1 is 1.25 bits per heavy atom. The van der Waals surface area contributed by atoms with E-state index in [1.807, 2.05) is 24.8 Å². The number of likely N-dealkylation sites (N-methyl/N-ethyl adjacent to an activating group) is 1. The van der Waals surface area contributed by atoms with Crippen LogP contribution in [0.25, 0.3) is 33.5 Å². The van der Waals surface area contributed by atoms with Crippen molar-refractivity contribution in [1.29, 1.82) is 0 Å². The second-order valence-electron chi connectivity index (χ2n) is 6.00. The molecule has 1 aromatic carbocycles. The van der Waals surface area contributed by atoms with E-state index < -0.39 is 0 Å². The Balaban J connectivity index is 1.87. The van der Waals surface area contributed by atoms with E-state index in [2.05, 4.69) is 25.0 Å². The van der Waals surface area contributed by atoms with Crippen molar-refractivity contribution in [3.63, 3.8) is 0 Å². The second-order valence-corrected chi connectivity index (χ2v) is 6.00. The summed E-state index contributed by atoms with van der Waals surface area (Å²) in [6.07, 6.45) is 3.50. The van der Waals surface area contributed by atoms with Crippen LogP contribution in [0.5, 0.6) is 0 Å². The van der Waals surface area contributed by atoms with Crippen molar-refractivity contribution in [3.8, 4) is 11.4 Å². The SMILES string of the molecule is CN(C)CCn1nc(-c2cnc3[nH]ccc3n2)c2ccc(F)cc21. The van der Waals surface area contributed by atoms with E-state index in [-0.39, 0.29) is 5.82 Å². The maximum Gasteiger partial charge on any atom is 0.156 e. The molecule has 0 amide bonds. The molecule has 0 radical (unpaired) electrons. The lowest BCUT2D eigenvalue weighted by molar-refractivity contribution is 0.377. The number of halogens is 1. The fourth-order valence-electron chi connectivity index (χ4n) is 2.75. The van der Waals surface area contributed by atoms with Gasteiger partial charge in [-0.3, -0.25) is 4.68 Å². The van der Waals surface area contributed by atoms with Gasteiger partial charge in [0.05, 0.1) is 18.3 Å². The summed E-state index contributed by atoms with van der Waals surface area (Å²) in [6, 6.07) is 6.59. The molecule has 0 spiro atoms. The van der Waals surface area contributed by atoms with Crippen LogP contribution in [0.3, 0.4) is 0 Å². The number of H-pyrrole nitrogens is 1. The standard InChI is InChI=1S/C17H17FN6/c1-23(2)7-8-24-15-9-11(18)3-4-12(15)16(22-24)14-10-20-17-13(21-14)5-6-19-17/h3-6,9-10H,7-8H2,1-2H3,(H,19,20). The highest BCUT2D eigenvalue weighted by atomic mass is 19.1. The zero-order valence-corrected chi connectivity index (χ0v) is 13.5. The van der Waals surface area contributed by atoms with Crippen LogP contribution < -0.4 is 0 Å². The van der Waals surface area contributed by atoms with Gasteiger partial charge in [-0.15, -0.1) is 0 Å². The van der Waals surface area contributed by atoms with Crippen LogP contribution >= 0.6 is 0 Å². The van der Waals surface area contributed by atoms with Crippen molar-refractivity contribution >= 4 is 22.1 Å². The lowest BCUT2D eigenvalue weighted by Crippen LogP contribution is -2.19. The molecule has 7 heteroatoms. The first-order valence-electron chi connectivity index (χ1n) is 7.73. The van der Waals surface area contributed by atoms with Crippen LogP contribution in [-0.2, 0) is 6.54 Å². The summed E-state index contributed by atoms with van der Waals surface area (Å²) < 4.78 is 15.5. The number of hydrogen-bond acceptors (Lipinski definition) is 4. The van der Waals surface area contributed by atoms with E-state index in [1.165, 1.54) is 12.1 Å². The summed E-state index contributed by atoms with van der Waals surface area (Å²) in [4.78, 5) is 14.1. The molecule has 3 heterocycles. The van der Waals surface area contributed by atoms with Gasteiger partial charge in [0.1, 0.15) is 22.7 Å². The molecule has 0 fully saturated rings. The minimum Gasteiger partial charge on any atom is -0.345 e. The second kappa shape index (κ2) is 5.68. The molecule has 0 atom stereocenters. The van der Waals surface area contributed by atoms with E-state index in [4.69, 9.17) is 0 Å². The Labute approximate surface area is 137 Å². The van der Waals surface area contributed by atoms with Crippen LogP contribution in [0.1, 0.15) is 0 Å². The third kappa shape index (κ3) is 2.52. The molecule has 3 aromatic heterocycles. The monoisotopic (exact) mass is 324 g/mol. The summed E-state index contributed by atoms with van der Waals surface area (Å²) >= 11 is 0. The van der Waals surface area contributed by atoms with Crippen LogP contribution in [0.2, 0.25) is 0 Å². The smallest absolute Gasteiger partial charge is 0.156 e. The first-order chi connectivity index (χ1) is 11.6. The summed E-state index contributed by atoms with van der Waals surface area (Å²) in [6.45, 7) is 1.49. The molecule has 0 bridgehead atoms. The average Bonchev–Trinajstić information content (AvgIpc) is 3.16. The minimum atomic E-state index is -0.271. The fraction of sp³-hybridized carbons (Fsp3) is 0.235. The number of hydrogen-bond donors (Lipinski definition) is 1. The maximum absolute atomic E-state index is 13.7. The molecule has 1 N–H and O–H groups in total. The molecule has 24 heavy (non-hydrogen) atoms. The quantitative estimate of drug-likeness (QED) is 0.627. The van der Waals surface area contributed by atoms with Gasteiger partial charge in [0.2, 0.25) is 0 Å². The van der Waals surface area contributed by atoms with Gasteiger partial charge in [-0.1, -0.05) is 0 Å². The molecular weight excluding hydrogens is 307 g/mol. The largest absolute Gasteiger partial charge is 0.345 e. The Kier molecular flexibility index (Phi) is 3.50. The third-order valence-corrected chi connectivity index (χ3v) is 3.98. The average molecular weight is 324 g/mol. The van der Waals surface area contributed by atoms with Gasteiger partial charge in [0, 0.05) is 18.1 Å². The zero-order valence-electron chi connectivity index (χ0n) is 13.5. The predicted molar refractivity (Wildman–Crippen MR) is 91.1 cm³/mol. The summed E-state index contributed by atoms with van der Waals surface area (Å²) in [5, 5.41) is 5.55. The van der Waals surface area contributed by atoms with E-state index in [9.17, 15) is 4.39 Å².